The molecule has 0 spiro atoms. The van der Waals surface area contributed by atoms with E-state index in [1.54, 1.807) is 38.5 Å². The van der Waals surface area contributed by atoms with Gasteiger partial charge in [0, 0.05) is 26.8 Å². The van der Waals surface area contributed by atoms with Crippen LogP contribution in [0, 0.1) is 0 Å². The number of nitrogens with zero attached hydrogens (tertiary/aromatic N) is 5. The van der Waals surface area contributed by atoms with Gasteiger partial charge in [0.1, 0.15) is 11.9 Å². The van der Waals surface area contributed by atoms with E-state index in [0.29, 0.717) is 36.7 Å². The maximum atomic E-state index is 11.8. The summed E-state index contributed by atoms with van der Waals surface area (Å²) in [6.45, 7) is 1.68. The molecule has 0 aliphatic carbocycles. The molecule has 1 unspecified atom stereocenters. The Labute approximate surface area is 151 Å². The van der Waals surface area contributed by atoms with Crippen LogP contribution in [0.1, 0.15) is 34.3 Å². The second-order valence-electron chi connectivity index (χ2n) is 6.45. The number of primary amides is 1. The van der Waals surface area contributed by atoms with Gasteiger partial charge in [-0.25, -0.2) is 4.98 Å². The standard InChI is InChI=1S/C17H22N6O3/c1-21(2)15(25)9-14(24)13-8-11-10-22(6-7-23(11)20-13)17-12(16(18)26)4-3-5-19-17/h3-5,8,14,24H,6-7,9-10H2,1-2H3,(H2,18,26). The number of rotatable bonds is 5. The van der Waals surface area contributed by atoms with Crippen LogP contribution >= 0.6 is 0 Å². The van der Waals surface area contributed by atoms with E-state index in [0.717, 1.165) is 5.69 Å². The molecule has 0 bridgehead atoms. The molecule has 2 amide bonds. The average Bonchev–Trinajstić information content (AvgIpc) is 3.04. The Morgan fingerprint density at radius 1 is 1.38 bits per heavy atom. The fourth-order valence-corrected chi connectivity index (χ4v) is 2.93. The number of hydrogen-bond donors (Lipinski definition) is 2. The summed E-state index contributed by atoms with van der Waals surface area (Å²) in [6.07, 6.45) is 0.655. The third-order valence-electron chi connectivity index (χ3n) is 4.38. The summed E-state index contributed by atoms with van der Waals surface area (Å²) in [6, 6.07) is 5.11. The smallest absolute Gasteiger partial charge is 0.252 e. The molecular formula is C17H22N6O3. The lowest BCUT2D eigenvalue weighted by atomic mass is 10.1. The van der Waals surface area contributed by atoms with Crippen molar-refractivity contribution in [2.24, 2.45) is 5.73 Å². The topological polar surface area (TPSA) is 118 Å². The Morgan fingerprint density at radius 3 is 2.85 bits per heavy atom. The predicted molar refractivity (Wildman–Crippen MR) is 94.3 cm³/mol. The van der Waals surface area contributed by atoms with Gasteiger partial charge in [0.05, 0.1) is 36.5 Å². The van der Waals surface area contributed by atoms with Gasteiger partial charge < -0.3 is 20.6 Å². The zero-order chi connectivity index (χ0) is 18.8. The second kappa shape index (κ2) is 7.12. The molecular weight excluding hydrogens is 336 g/mol. The summed E-state index contributed by atoms with van der Waals surface area (Å²) in [7, 11) is 3.29. The van der Waals surface area contributed by atoms with E-state index in [1.165, 1.54) is 4.90 Å². The molecule has 2 aromatic heterocycles. The number of aliphatic hydroxyl groups is 1. The molecule has 0 radical (unpaired) electrons. The van der Waals surface area contributed by atoms with Crippen LogP contribution in [0.2, 0.25) is 0 Å². The fraction of sp³-hybridized carbons (Fsp3) is 0.412. The first-order valence-electron chi connectivity index (χ1n) is 8.31. The summed E-state index contributed by atoms with van der Waals surface area (Å²) in [5.74, 6) is -0.146. The monoisotopic (exact) mass is 358 g/mol. The molecule has 3 rings (SSSR count). The summed E-state index contributed by atoms with van der Waals surface area (Å²) in [4.78, 5) is 31.1. The lowest BCUT2D eigenvalue weighted by Gasteiger charge is -2.29. The Hall–Kier alpha value is -2.94. The van der Waals surface area contributed by atoms with Crippen molar-refractivity contribution in [1.29, 1.82) is 0 Å². The molecule has 1 aliphatic heterocycles. The van der Waals surface area contributed by atoms with Crippen molar-refractivity contribution >= 4 is 17.6 Å². The molecule has 138 valence electrons. The minimum atomic E-state index is -0.951. The largest absolute Gasteiger partial charge is 0.386 e. The SMILES string of the molecule is CN(C)C(=O)CC(O)c1cc2n(n1)CCN(c1ncccc1C(N)=O)C2. The van der Waals surface area contributed by atoms with Gasteiger partial charge in [0.2, 0.25) is 5.91 Å². The normalized spacial score (nSPS) is 14.7. The number of hydrogen-bond acceptors (Lipinski definition) is 6. The highest BCUT2D eigenvalue weighted by Crippen LogP contribution is 2.25. The number of amides is 2. The molecule has 0 fully saturated rings. The van der Waals surface area contributed by atoms with Crippen LogP contribution in [0.4, 0.5) is 5.82 Å². The zero-order valence-corrected chi connectivity index (χ0v) is 14.8. The molecule has 1 atom stereocenters. The third-order valence-corrected chi connectivity index (χ3v) is 4.38. The van der Waals surface area contributed by atoms with E-state index in [1.807, 2.05) is 9.58 Å². The van der Waals surface area contributed by atoms with Gasteiger partial charge in [-0.2, -0.15) is 5.10 Å². The van der Waals surface area contributed by atoms with Gasteiger partial charge in [-0.05, 0) is 18.2 Å². The van der Waals surface area contributed by atoms with E-state index in [-0.39, 0.29) is 12.3 Å². The summed E-state index contributed by atoms with van der Waals surface area (Å²) < 4.78 is 1.81. The lowest BCUT2D eigenvalue weighted by molar-refractivity contribution is -0.130. The van der Waals surface area contributed by atoms with Crippen molar-refractivity contribution < 1.29 is 14.7 Å². The first kappa shape index (κ1) is 17.9. The van der Waals surface area contributed by atoms with Crippen LogP contribution in [0.15, 0.2) is 24.4 Å². The second-order valence-corrected chi connectivity index (χ2v) is 6.45. The van der Waals surface area contributed by atoms with Crippen molar-refractivity contribution in [3.63, 3.8) is 0 Å². The highest BCUT2D eigenvalue weighted by molar-refractivity contribution is 5.97. The third kappa shape index (κ3) is 3.52. The Balaban J connectivity index is 1.79. The van der Waals surface area contributed by atoms with Gasteiger partial charge in [0.15, 0.2) is 0 Å². The van der Waals surface area contributed by atoms with Crippen LogP contribution in [0.3, 0.4) is 0 Å². The Bertz CT molecular complexity index is 832. The fourth-order valence-electron chi connectivity index (χ4n) is 2.93. The quantitative estimate of drug-likeness (QED) is 0.771. The summed E-state index contributed by atoms with van der Waals surface area (Å²) in [5.41, 5.74) is 7.16. The number of anilines is 1. The van der Waals surface area contributed by atoms with Crippen LogP contribution in [0.25, 0.3) is 0 Å². The van der Waals surface area contributed by atoms with Gasteiger partial charge >= 0.3 is 0 Å². The molecule has 9 nitrogen and oxygen atoms in total. The number of fused-ring (bicyclic) bond motifs is 1. The number of carbonyl (C=O) groups excluding carboxylic acids is 2. The number of aliphatic hydroxyl groups excluding tert-OH is 1. The van der Waals surface area contributed by atoms with Gasteiger partial charge in [-0.3, -0.25) is 14.3 Å². The minimum Gasteiger partial charge on any atom is -0.386 e. The highest BCUT2D eigenvalue weighted by atomic mass is 16.3. The van der Waals surface area contributed by atoms with Crippen LogP contribution in [0.5, 0.6) is 0 Å². The molecule has 3 N–H and O–H groups in total. The van der Waals surface area contributed by atoms with Crippen LogP contribution < -0.4 is 10.6 Å². The number of aromatic nitrogens is 3. The number of nitrogens with two attached hydrogens (primary N) is 1. The van der Waals surface area contributed by atoms with Crippen LogP contribution in [-0.2, 0) is 17.9 Å². The minimum absolute atomic E-state index is 0.0147. The van der Waals surface area contributed by atoms with Crippen molar-refractivity contribution in [1.82, 2.24) is 19.7 Å². The summed E-state index contributed by atoms with van der Waals surface area (Å²) >= 11 is 0. The van der Waals surface area contributed by atoms with Gasteiger partial charge in [-0.15, -0.1) is 0 Å². The van der Waals surface area contributed by atoms with E-state index in [4.69, 9.17) is 5.73 Å². The molecule has 3 heterocycles. The number of pyridine rings is 1. The van der Waals surface area contributed by atoms with E-state index < -0.39 is 12.0 Å². The van der Waals surface area contributed by atoms with Gasteiger partial charge in [-0.1, -0.05) is 0 Å². The Kier molecular flexibility index (Phi) is 4.90. The van der Waals surface area contributed by atoms with E-state index >= 15 is 0 Å². The van der Waals surface area contributed by atoms with Crippen molar-refractivity contribution in [2.45, 2.75) is 25.6 Å². The molecule has 1 aliphatic rings. The molecule has 9 heteroatoms. The van der Waals surface area contributed by atoms with Crippen molar-refractivity contribution in [3.8, 4) is 0 Å². The Morgan fingerprint density at radius 2 is 2.15 bits per heavy atom. The van der Waals surface area contributed by atoms with Crippen molar-refractivity contribution in [3.05, 3.63) is 41.3 Å². The van der Waals surface area contributed by atoms with Gasteiger partial charge in [0.25, 0.3) is 5.91 Å². The molecule has 0 saturated carbocycles. The van der Waals surface area contributed by atoms with E-state index in [2.05, 4.69) is 10.1 Å². The predicted octanol–water partition coefficient (Wildman–Crippen LogP) is -0.0911. The maximum Gasteiger partial charge on any atom is 0.252 e. The molecule has 0 aromatic carbocycles. The maximum absolute atomic E-state index is 11.8. The average molecular weight is 358 g/mol. The first-order chi connectivity index (χ1) is 12.4. The zero-order valence-electron chi connectivity index (χ0n) is 14.8. The first-order valence-corrected chi connectivity index (χ1v) is 8.31. The van der Waals surface area contributed by atoms with E-state index in [9.17, 15) is 14.7 Å². The molecule has 26 heavy (non-hydrogen) atoms. The molecule has 2 aromatic rings. The molecule has 0 saturated heterocycles. The summed E-state index contributed by atoms with van der Waals surface area (Å²) in [5, 5.41) is 14.7. The number of carbonyl (C=O) groups is 2. The van der Waals surface area contributed by atoms with Crippen LogP contribution in [-0.4, -0.2) is 57.2 Å². The van der Waals surface area contributed by atoms with Crippen molar-refractivity contribution in [2.75, 3.05) is 25.5 Å². The lowest BCUT2D eigenvalue weighted by Crippen LogP contribution is -2.35. The highest BCUT2D eigenvalue weighted by Gasteiger charge is 2.25.